The minimum absolute atomic E-state index is 0.0519. The molecule has 3 rings (SSSR count). The minimum atomic E-state index is -0.487. The van der Waals surface area contributed by atoms with Crippen LogP contribution in [-0.2, 0) is 9.53 Å². The van der Waals surface area contributed by atoms with Gasteiger partial charge in [-0.25, -0.2) is 4.98 Å². The molecule has 0 spiro atoms. The van der Waals surface area contributed by atoms with Gasteiger partial charge in [-0.3, -0.25) is 20.0 Å². The van der Waals surface area contributed by atoms with E-state index in [1.165, 1.54) is 18.6 Å². The van der Waals surface area contributed by atoms with Crippen molar-refractivity contribution in [3.05, 3.63) is 24.3 Å². The normalized spacial score (nSPS) is 21.6. The summed E-state index contributed by atoms with van der Waals surface area (Å²) in [6, 6.07) is -0.487. The fourth-order valence-electron chi connectivity index (χ4n) is 2.29. The third-order valence-electron chi connectivity index (χ3n) is 3.43. The van der Waals surface area contributed by atoms with Crippen LogP contribution >= 0.6 is 0 Å². The van der Waals surface area contributed by atoms with Crippen molar-refractivity contribution < 1.29 is 14.3 Å². The number of rotatable bonds is 3. The van der Waals surface area contributed by atoms with Gasteiger partial charge in [0.25, 0.3) is 0 Å². The average molecular weight is 289 g/mol. The van der Waals surface area contributed by atoms with E-state index in [1.807, 2.05) is 0 Å². The molecule has 0 saturated carbocycles. The quantitative estimate of drug-likeness (QED) is 0.734. The molecule has 0 radical (unpaired) electrons. The molecule has 1 aromatic heterocycles. The lowest BCUT2D eigenvalue weighted by Gasteiger charge is -2.28. The number of amides is 1. The van der Waals surface area contributed by atoms with Crippen LogP contribution in [0.3, 0.4) is 0 Å². The predicted molar refractivity (Wildman–Crippen MR) is 72.7 cm³/mol. The zero-order chi connectivity index (χ0) is 14.7. The lowest BCUT2D eigenvalue weighted by atomic mass is 10.1. The van der Waals surface area contributed by atoms with E-state index in [0.717, 1.165) is 0 Å². The summed E-state index contributed by atoms with van der Waals surface area (Å²) in [6.45, 7) is 2.24. The number of ketones is 1. The molecule has 2 aliphatic heterocycles. The van der Waals surface area contributed by atoms with E-state index in [9.17, 15) is 9.59 Å². The summed E-state index contributed by atoms with van der Waals surface area (Å²) >= 11 is 0. The van der Waals surface area contributed by atoms with Crippen LogP contribution in [0.4, 0.5) is 0 Å². The highest BCUT2D eigenvalue weighted by molar-refractivity contribution is 6.46. The van der Waals surface area contributed by atoms with Crippen LogP contribution in [0.5, 0.6) is 0 Å². The maximum atomic E-state index is 12.3. The maximum absolute atomic E-state index is 12.3. The Morgan fingerprint density at radius 1 is 1.29 bits per heavy atom. The first-order valence-electron chi connectivity index (χ1n) is 6.75. The SMILES string of the molecule is O=C(C1=NNC(C(=O)N2CCOCC2)C1)c1cnccn1. The van der Waals surface area contributed by atoms with Crippen molar-refractivity contribution in [1.29, 1.82) is 0 Å². The number of nitrogens with zero attached hydrogens (tertiary/aromatic N) is 4. The Morgan fingerprint density at radius 2 is 2.10 bits per heavy atom. The lowest BCUT2D eigenvalue weighted by molar-refractivity contribution is -0.137. The molecule has 3 heterocycles. The number of nitrogens with one attached hydrogen (secondary N) is 1. The molecule has 1 unspecified atom stereocenters. The number of ether oxygens (including phenoxy) is 1. The molecule has 8 nitrogen and oxygen atoms in total. The fraction of sp³-hybridized carbons (Fsp3) is 0.462. The first kappa shape index (κ1) is 13.6. The molecule has 1 saturated heterocycles. The highest BCUT2D eigenvalue weighted by atomic mass is 16.5. The van der Waals surface area contributed by atoms with E-state index < -0.39 is 6.04 Å². The molecule has 1 atom stereocenters. The van der Waals surface area contributed by atoms with Crippen molar-refractivity contribution in [2.45, 2.75) is 12.5 Å². The molecule has 0 aliphatic carbocycles. The summed E-state index contributed by atoms with van der Waals surface area (Å²) in [7, 11) is 0. The molecule has 0 bridgehead atoms. The Balaban J connectivity index is 1.62. The van der Waals surface area contributed by atoms with Crippen LogP contribution < -0.4 is 5.43 Å². The van der Waals surface area contributed by atoms with Gasteiger partial charge in [-0.05, 0) is 0 Å². The third kappa shape index (κ3) is 2.89. The van der Waals surface area contributed by atoms with Crippen LogP contribution in [0.2, 0.25) is 0 Å². The summed E-state index contributed by atoms with van der Waals surface area (Å²) in [5.74, 6) is -0.350. The lowest BCUT2D eigenvalue weighted by Crippen LogP contribution is -2.48. The highest BCUT2D eigenvalue weighted by Gasteiger charge is 2.33. The average Bonchev–Trinajstić information content (AvgIpc) is 3.05. The second-order valence-corrected chi connectivity index (χ2v) is 4.80. The van der Waals surface area contributed by atoms with Crippen molar-refractivity contribution in [3.8, 4) is 0 Å². The zero-order valence-electron chi connectivity index (χ0n) is 11.4. The van der Waals surface area contributed by atoms with Gasteiger partial charge < -0.3 is 9.64 Å². The smallest absolute Gasteiger partial charge is 0.247 e. The summed E-state index contributed by atoms with van der Waals surface area (Å²) in [4.78, 5) is 34.0. The Hall–Kier alpha value is -2.35. The summed E-state index contributed by atoms with van der Waals surface area (Å²) in [6.07, 6.45) is 4.61. The van der Waals surface area contributed by atoms with E-state index in [1.54, 1.807) is 4.90 Å². The van der Waals surface area contributed by atoms with Gasteiger partial charge in [0.1, 0.15) is 17.4 Å². The number of aromatic nitrogens is 2. The van der Waals surface area contributed by atoms with Gasteiger partial charge in [-0.15, -0.1) is 0 Å². The van der Waals surface area contributed by atoms with Gasteiger partial charge in [-0.1, -0.05) is 0 Å². The van der Waals surface area contributed by atoms with Crippen LogP contribution in [-0.4, -0.2) is 64.6 Å². The monoisotopic (exact) mass is 289 g/mol. The molecule has 21 heavy (non-hydrogen) atoms. The van der Waals surface area contributed by atoms with Crippen LogP contribution in [0.1, 0.15) is 16.9 Å². The van der Waals surface area contributed by atoms with Crippen molar-refractivity contribution in [1.82, 2.24) is 20.3 Å². The second-order valence-electron chi connectivity index (χ2n) is 4.80. The van der Waals surface area contributed by atoms with Crippen molar-refractivity contribution >= 4 is 17.4 Å². The summed E-state index contributed by atoms with van der Waals surface area (Å²) < 4.78 is 5.22. The van der Waals surface area contributed by atoms with Gasteiger partial charge in [-0.2, -0.15) is 5.10 Å². The molecular weight excluding hydrogens is 274 g/mol. The maximum Gasteiger partial charge on any atom is 0.247 e. The van der Waals surface area contributed by atoms with E-state index in [2.05, 4.69) is 20.5 Å². The molecule has 0 aromatic carbocycles. The molecule has 2 aliphatic rings. The number of Topliss-reactive ketones (excluding diaryl/α,β-unsaturated/α-hetero) is 1. The predicted octanol–water partition coefficient (Wildman–Crippen LogP) is -0.764. The number of hydrogen-bond donors (Lipinski definition) is 1. The second kappa shape index (κ2) is 5.96. The summed E-state index contributed by atoms with van der Waals surface area (Å²) in [5.41, 5.74) is 3.28. The van der Waals surface area contributed by atoms with Crippen LogP contribution in [0.25, 0.3) is 0 Å². The molecule has 1 N–H and O–H groups in total. The standard InChI is InChI=1S/C13H15N5O3/c19-12(11-8-14-1-2-15-11)9-7-10(17-16-9)13(20)18-3-5-21-6-4-18/h1-2,8,10,17H,3-7H2. The number of morpholine rings is 1. The molecule has 1 fully saturated rings. The number of carbonyl (C=O) groups excluding carboxylic acids is 2. The van der Waals surface area contributed by atoms with Crippen LogP contribution in [0, 0.1) is 0 Å². The number of hydrazone groups is 1. The Morgan fingerprint density at radius 3 is 2.81 bits per heavy atom. The van der Waals surface area contributed by atoms with E-state index >= 15 is 0 Å². The molecular formula is C13H15N5O3. The van der Waals surface area contributed by atoms with Crippen LogP contribution in [0.15, 0.2) is 23.7 Å². The molecule has 8 heteroatoms. The minimum Gasteiger partial charge on any atom is -0.378 e. The first-order chi connectivity index (χ1) is 10.3. The van der Waals surface area contributed by atoms with Gasteiger partial charge in [0.15, 0.2) is 0 Å². The van der Waals surface area contributed by atoms with E-state index in [0.29, 0.717) is 32.0 Å². The van der Waals surface area contributed by atoms with E-state index in [4.69, 9.17) is 4.74 Å². The first-order valence-corrected chi connectivity index (χ1v) is 6.75. The van der Waals surface area contributed by atoms with E-state index in [-0.39, 0.29) is 23.8 Å². The van der Waals surface area contributed by atoms with Gasteiger partial charge in [0.2, 0.25) is 11.7 Å². The Labute approximate surface area is 121 Å². The summed E-state index contributed by atoms with van der Waals surface area (Å²) in [5, 5.41) is 3.98. The third-order valence-corrected chi connectivity index (χ3v) is 3.43. The van der Waals surface area contributed by atoms with Crippen molar-refractivity contribution in [2.24, 2.45) is 5.10 Å². The van der Waals surface area contributed by atoms with Crippen molar-refractivity contribution in [2.75, 3.05) is 26.3 Å². The molecule has 1 amide bonds. The molecule has 110 valence electrons. The van der Waals surface area contributed by atoms with Gasteiger partial charge >= 0.3 is 0 Å². The fourth-order valence-corrected chi connectivity index (χ4v) is 2.29. The highest BCUT2D eigenvalue weighted by Crippen LogP contribution is 2.11. The molecule has 1 aromatic rings. The Bertz CT molecular complexity index is 568. The van der Waals surface area contributed by atoms with Gasteiger partial charge in [0, 0.05) is 31.9 Å². The topological polar surface area (TPSA) is 96.8 Å². The number of hydrogen-bond acceptors (Lipinski definition) is 7. The van der Waals surface area contributed by atoms with Gasteiger partial charge in [0.05, 0.1) is 19.4 Å². The van der Waals surface area contributed by atoms with Crippen molar-refractivity contribution in [3.63, 3.8) is 0 Å². The largest absolute Gasteiger partial charge is 0.378 e. The Kier molecular flexibility index (Phi) is 3.87. The zero-order valence-corrected chi connectivity index (χ0v) is 11.4. The number of carbonyl (C=O) groups is 2.